The summed E-state index contributed by atoms with van der Waals surface area (Å²) >= 11 is 0. The molecule has 0 spiro atoms. The zero-order valence-corrected chi connectivity index (χ0v) is 19.3. The van der Waals surface area contributed by atoms with Crippen LogP contribution < -0.4 is 0 Å². The Hall–Kier alpha value is -1.14. The first kappa shape index (κ1) is 27.9. The highest BCUT2D eigenvalue weighted by Crippen LogP contribution is 2.14. The average Bonchev–Trinajstić information content (AvgIpc) is 2.57. The van der Waals surface area contributed by atoms with Gasteiger partial charge in [0.25, 0.3) is 0 Å². The predicted octanol–water partition coefficient (Wildman–Crippen LogP) is 4.53. The second kappa shape index (κ2) is 16.6. The summed E-state index contributed by atoms with van der Waals surface area (Å²) in [5.41, 5.74) is 0. The number of hydrogen-bond donors (Lipinski definition) is 2. The molecule has 29 heavy (non-hydrogen) atoms. The summed E-state index contributed by atoms with van der Waals surface area (Å²) in [5.74, 6) is -1.50. The molecule has 0 radical (unpaired) electrons. The summed E-state index contributed by atoms with van der Waals surface area (Å²) < 4.78 is 5.83. The molecule has 0 saturated heterocycles. The molecular weight excluding hydrogens is 370 g/mol. The van der Waals surface area contributed by atoms with Crippen LogP contribution >= 0.6 is 0 Å². The number of unbranched alkanes of at least 4 members (excludes halogenated alkanes) is 10. The zero-order chi connectivity index (χ0) is 22.1. The number of aliphatic hydroxyl groups excluding tert-OH is 1. The van der Waals surface area contributed by atoms with Crippen molar-refractivity contribution in [1.82, 2.24) is 0 Å². The van der Waals surface area contributed by atoms with E-state index in [0.717, 1.165) is 12.8 Å². The Morgan fingerprint density at radius 1 is 0.828 bits per heavy atom. The molecule has 0 aliphatic carbocycles. The number of carbonyl (C=O) groups excluding carboxylic acids is 1. The standard InChI is InChI=1S/C23H45NO5/c1-5-6-7-8-9-10-11-12-13-14-15-16-20(25)17-23(28)29-21(18-22(26)27)19-24(2,3)4/h20-21,25H,5-19H2,1-4H3/p+1. The number of nitrogens with zero attached hydrogens (tertiary/aromatic N) is 1. The number of hydrogen-bond acceptors (Lipinski definition) is 4. The number of carboxylic acid groups (broad SMARTS) is 1. The molecule has 2 N–H and O–H groups in total. The molecule has 0 aliphatic rings. The zero-order valence-electron chi connectivity index (χ0n) is 19.3. The lowest BCUT2D eigenvalue weighted by Crippen LogP contribution is -2.44. The predicted molar refractivity (Wildman–Crippen MR) is 117 cm³/mol. The van der Waals surface area contributed by atoms with Crippen LogP contribution in [0.2, 0.25) is 0 Å². The molecule has 0 aromatic rings. The highest BCUT2D eigenvalue weighted by atomic mass is 16.5. The first-order valence-electron chi connectivity index (χ1n) is 11.5. The normalized spacial score (nSPS) is 13.8. The second-order valence-electron chi connectivity index (χ2n) is 9.36. The van der Waals surface area contributed by atoms with Crippen molar-refractivity contribution < 1.29 is 29.0 Å². The van der Waals surface area contributed by atoms with Crippen molar-refractivity contribution in [1.29, 1.82) is 0 Å². The van der Waals surface area contributed by atoms with Crippen LogP contribution in [0.15, 0.2) is 0 Å². The van der Waals surface area contributed by atoms with Gasteiger partial charge in [0.2, 0.25) is 0 Å². The van der Waals surface area contributed by atoms with Gasteiger partial charge in [-0.2, -0.15) is 0 Å². The number of rotatable bonds is 19. The molecule has 172 valence electrons. The van der Waals surface area contributed by atoms with E-state index < -0.39 is 24.1 Å². The molecule has 0 heterocycles. The van der Waals surface area contributed by atoms with Crippen LogP contribution in [0, 0.1) is 0 Å². The summed E-state index contributed by atoms with van der Waals surface area (Å²) in [5, 5.41) is 19.1. The molecule has 0 fully saturated rings. The van der Waals surface area contributed by atoms with Crippen LogP contribution in [0.5, 0.6) is 0 Å². The maximum Gasteiger partial charge on any atom is 0.308 e. The SMILES string of the molecule is CCCCCCCCCCCCCC(O)CC(=O)OC(CC(=O)O)C[N+](C)(C)C. The molecule has 0 aliphatic heterocycles. The van der Waals surface area contributed by atoms with Gasteiger partial charge in [0.05, 0.1) is 40.1 Å². The number of aliphatic hydroxyl groups is 1. The topological polar surface area (TPSA) is 83.8 Å². The summed E-state index contributed by atoms with van der Waals surface area (Å²) in [7, 11) is 5.76. The number of carbonyl (C=O) groups is 2. The number of ether oxygens (including phenoxy) is 1. The first-order chi connectivity index (χ1) is 13.6. The molecule has 0 saturated carbocycles. The molecule has 0 amide bonds. The number of likely N-dealkylation sites (N-methyl/N-ethyl adjacent to an activating group) is 1. The molecule has 2 unspecified atom stereocenters. The van der Waals surface area contributed by atoms with Gasteiger partial charge < -0.3 is 19.4 Å². The molecule has 0 aromatic heterocycles. The fourth-order valence-electron chi connectivity index (χ4n) is 3.52. The van der Waals surface area contributed by atoms with Crippen molar-refractivity contribution in [3.8, 4) is 0 Å². The Balaban J connectivity index is 3.82. The quantitative estimate of drug-likeness (QED) is 0.184. The number of aliphatic carboxylic acids is 1. The van der Waals surface area contributed by atoms with Gasteiger partial charge in [0.15, 0.2) is 6.10 Å². The van der Waals surface area contributed by atoms with Crippen molar-refractivity contribution in [3.63, 3.8) is 0 Å². The van der Waals surface area contributed by atoms with Crippen molar-refractivity contribution in [3.05, 3.63) is 0 Å². The minimum atomic E-state index is -0.988. The summed E-state index contributed by atoms with van der Waals surface area (Å²) in [6.45, 7) is 2.66. The van der Waals surface area contributed by atoms with E-state index in [1.807, 2.05) is 21.1 Å². The van der Waals surface area contributed by atoms with Gasteiger partial charge in [-0.25, -0.2) is 0 Å². The van der Waals surface area contributed by atoms with Gasteiger partial charge >= 0.3 is 11.9 Å². The van der Waals surface area contributed by atoms with Gasteiger partial charge in [0.1, 0.15) is 6.54 Å². The van der Waals surface area contributed by atoms with Gasteiger partial charge in [-0.15, -0.1) is 0 Å². The van der Waals surface area contributed by atoms with Gasteiger partial charge in [-0.1, -0.05) is 77.6 Å². The van der Waals surface area contributed by atoms with Crippen LogP contribution in [0.25, 0.3) is 0 Å². The molecular formula is C23H46NO5+. The fraction of sp³-hybridized carbons (Fsp3) is 0.913. The van der Waals surface area contributed by atoms with Crippen molar-refractivity contribution >= 4 is 11.9 Å². The Bertz CT molecular complexity index is 433. The summed E-state index contributed by atoms with van der Waals surface area (Å²) in [6, 6.07) is 0. The van der Waals surface area contributed by atoms with Gasteiger partial charge in [0, 0.05) is 0 Å². The van der Waals surface area contributed by atoms with E-state index in [1.165, 1.54) is 57.8 Å². The third-order valence-electron chi connectivity index (χ3n) is 4.99. The van der Waals surface area contributed by atoms with E-state index >= 15 is 0 Å². The number of quaternary nitrogens is 1. The van der Waals surface area contributed by atoms with E-state index in [2.05, 4.69) is 6.92 Å². The van der Waals surface area contributed by atoms with Gasteiger partial charge in [-0.3, -0.25) is 9.59 Å². The van der Waals surface area contributed by atoms with Crippen molar-refractivity contribution in [2.45, 2.75) is 109 Å². The van der Waals surface area contributed by atoms with Crippen LogP contribution in [0.1, 0.15) is 96.8 Å². The third kappa shape index (κ3) is 19.9. The van der Waals surface area contributed by atoms with Crippen LogP contribution in [-0.2, 0) is 14.3 Å². The number of esters is 1. The summed E-state index contributed by atoms with van der Waals surface area (Å²) in [6.07, 6.45) is 12.7. The number of carboxylic acids is 1. The van der Waals surface area contributed by atoms with Crippen LogP contribution in [0.3, 0.4) is 0 Å². The maximum atomic E-state index is 12.1. The third-order valence-corrected chi connectivity index (χ3v) is 4.99. The Morgan fingerprint density at radius 3 is 1.76 bits per heavy atom. The molecule has 2 atom stereocenters. The average molecular weight is 417 g/mol. The van der Waals surface area contributed by atoms with E-state index in [-0.39, 0.29) is 12.8 Å². The lowest BCUT2D eigenvalue weighted by atomic mass is 10.0. The highest BCUT2D eigenvalue weighted by molar-refractivity contribution is 5.71. The monoisotopic (exact) mass is 416 g/mol. The van der Waals surface area contributed by atoms with Crippen molar-refractivity contribution in [2.24, 2.45) is 0 Å². The lowest BCUT2D eigenvalue weighted by molar-refractivity contribution is -0.873. The Morgan fingerprint density at radius 2 is 1.31 bits per heavy atom. The fourth-order valence-corrected chi connectivity index (χ4v) is 3.52. The van der Waals surface area contributed by atoms with Crippen molar-refractivity contribution in [2.75, 3.05) is 27.7 Å². The summed E-state index contributed by atoms with van der Waals surface area (Å²) in [4.78, 5) is 23.0. The molecule has 6 nitrogen and oxygen atoms in total. The molecule has 0 aromatic carbocycles. The highest BCUT2D eigenvalue weighted by Gasteiger charge is 2.25. The van der Waals surface area contributed by atoms with Gasteiger partial charge in [-0.05, 0) is 6.42 Å². The van der Waals surface area contributed by atoms with E-state index in [9.17, 15) is 14.7 Å². The minimum Gasteiger partial charge on any atom is -0.481 e. The Kier molecular flexibility index (Phi) is 16.0. The van der Waals surface area contributed by atoms with Crippen LogP contribution in [-0.4, -0.2) is 66.5 Å². The van der Waals surface area contributed by atoms with E-state index in [1.54, 1.807) is 0 Å². The smallest absolute Gasteiger partial charge is 0.308 e. The molecule has 0 bridgehead atoms. The minimum absolute atomic E-state index is 0.0645. The van der Waals surface area contributed by atoms with E-state index in [4.69, 9.17) is 9.84 Å². The Labute approximate surface area is 178 Å². The van der Waals surface area contributed by atoms with Crippen LogP contribution in [0.4, 0.5) is 0 Å². The first-order valence-corrected chi connectivity index (χ1v) is 11.5. The largest absolute Gasteiger partial charge is 0.481 e. The van der Waals surface area contributed by atoms with E-state index in [0.29, 0.717) is 17.4 Å². The lowest BCUT2D eigenvalue weighted by Gasteiger charge is -2.28. The maximum absolute atomic E-state index is 12.1. The second-order valence-corrected chi connectivity index (χ2v) is 9.36. The molecule has 6 heteroatoms. The molecule has 0 rings (SSSR count).